The van der Waals surface area contributed by atoms with Crippen molar-refractivity contribution in [2.45, 2.75) is 50.9 Å². The van der Waals surface area contributed by atoms with Gasteiger partial charge in [-0.05, 0) is 41.4 Å². The van der Waals surface area contributed by atoms with Gasteiger partial charge in [-0.3, -0.25) is 0 Å². The molecule has 1 fully saturated rings. The lowest BCUT2D eigenvalue weighted by Crippen LogP contribution is -2.43. The van der Waals surface area contributed by atoms with Gasteiger partial charge in [0.15, 0.2) is 8.32 Å². The summed E-state index contributed by atoms with van der Waals surface area (Å²) in [6.45, 7) is 11.9. The van der Waals surface area contributed by atoms with Gasteiger partial charge in [0, 0.05) is 25.0 Å². The third kappa shape index (κ3) is 5.30. The zero-order valence-electron chi connectivity index (χ0n) is 20.4. The Bertz CT molecular complexity index is 968. The lowest BCUT2D eigenvalue weighted by Gasteiger charge is -2.38. The first kappa shape index (κ1) is 25.0. The lowest BCUT2D eigenvalue weighted by molar-refractivity contribution is 0.0600. The summed E-state index contributed by atoms with van der Waals surface area (Å²) >= 11 is 0. The van der Waals surface area contributed by atoms with E-state index in [0.717, 1.165) is 11.1 Å². The molecule has 1 unspecified atom stereocenters. The maximum Gasteiger partial charge on any atom is 0.407 e. The minimum absolute atomic E-state index is 0.0114. The van der Waals surface area contributed by atoms with Crippen LogP contribution in [0.3, 0.4) is 0 Å². The number of nitrogens with zero attached hydrogens (tertiary/aromatic N) is 1. The zero-order valence-corrected chi connectivity index (χ0v) is 21.4. The summed E-state index contributed by atoms with van der Waals surface area (Å²) in [5.41, 5.74) is 2.41. The van der Waals surface area contributed by atoms with Crippen molar-refractivity contribution >= 4 is 20.4 Å². The summed E-state index contributed by atoms with van der Waals surface area (Å²) in [6, 6.07) is 16.8. The molecule has 0 bridgehead atoms. The first-order valence-electron chi connectivity index (χ1n) is 11.3. The molecule has 2 aromatic carbocycles. The summed E-state index contributed by atoms with van der Waals surface area (Å²) < 4.78 is 11.4. The van der Waals surface area contributed by atoms with Gasteiger partial charge in [-0.2, -0.15) is 0 Å². The second-order valence-electron chi connectivity index (χ2n) is 10.2. The van der Waals surface area contributed by atoms with E-state index in [1.54, 1.807) is 12.1 Å². The summed E-state index contributed by atoms with van der Waals surface area (Å²) in [4.78, 5) is 25.7. The van der Waals surface area contributed by atoms with Crippen molar-refractivity contribution in [2.75, 3.05) is 20.3 Å². The van der Waals surface area contributed by atoms with Crippen molar-refractivity contribution in [2.24, 2.45) is 5.92 Å². The van der Waals surface area contributed by atoms with Crippen molar-refractivity contribution in [3.05, 3.63) is 71.3 Å². The molecule has 0 radical (unpaired) electrons. The smallest absolute Gasteiger partial charge is 0.407 e. The van der Waals surface area contributed by atoms with Crippen LogP contribution in [0.15, 0.2) is 54.6 Å². The van der Waals surface area contributed by atoms with Crippen molar-refractivity contribution in [1.82, 2.24) is 4.90 Å². The fourth-order valence-corrected chi connectivity index (χ4v) is 5.29. The molecule has 7 heteroatoms. The van der Waals surface area contributed by atoms with Gasteiger partial charge in [-0.1, -0.05) is 63.2 Å². The second kappa shape index (κ2) is 9.69. The first-order valence-corrected chi connectivity index (χ1v) is 14.2. The Balaban J connectivity index is 2.01. The van der Waals surface area contributed by atoms with E-state index in [1.165, 1.54) is 12.0 Å². The number of hydrogen-bond acceptors (Lipinski definition) is 4. The van der Waals surface area contributed by atoms with Crippen LogP contribution in [0.25, 0.3) is 0 Å². The van der Waals surface area contributed by atoms with Crippen LogP contribution in [0.1, 0.15) is 54.2 Å². The van der Waals surface area contributed by atoms with Gasteiger partial charge in [0.1, 0.15) is 0 Å². The maximum atomic E-state index is 12.3. The Hall–Kier alpha value is -2.64. The number of likely N-dealkylation sites (tertiary alicyclic amines) is 1. The van der Waals surface area contributed by atoms with E-state index in [-0.39, 0.29) is 22.9 Å². The topological polar surface area (TPSA) is 76.1 Å². The number of hydrogen-bond donors (Lipinski definition) is 1. The molecule has 1 saturated heterocycles. The molecule has 3 rings (SSSR count). The van der Waals surface area contributed by atoms with Gasteiger partial charge in [0.25, 0.3) is 0 Å². The quantitative estimate of drug-likeness (QED) is 0.419. The van der Waals surface area contributed by atoms with E-state index >= 15 is 0 Å². The average Bonchev–Trinajstić information content (AvgIpc) is 3.17. The zero-order chi connectivity index (χ0) is 24.4. The van der Waals surface area contributed by atoms with Crippen LogP contribution in [0, 0.1) is 5.92 Å². The van der Waals surface area contributed by atoms with Crippen LogP contribution in [-0.2, 0) is 9.16 Å². The highest BCUT2D eigenvalue weighted by Gasteiger charge is 2.47. The molecule has 33 heavy (non-hydrogen) atoms. The van der Waals surface area contributed by atoms with E-state index in [9.17, 15) is 14.7 Å². The summed E-state index contributed by atoms with van der Waals surface area (Å²) in [5, 5.41) is 10.1. The van der Waals surface area contributed by atoms with Crippen LogP contribution < -0.4 is 0 Å². The largest absolute Gasteiger partial charge is 0.465 e. The maximum absolute atomic E-state index is 12.3. The van der Waals surface area contributed by atoms with Crippen molar-refractivity contribution in [3.8, 4) is 0 Å². The number of methoxy groups -OCH3 is 1. The van der Waals surface area contributed by atoms with E-state index in [2.05, 4.69) is 46.0 Å². The van der Waals surface area contributed by atoms with Crippen LogP contribution in [0.4, 0.5) is 4.79 Å². The second-order valence-corrected chi connectivity index (χ2v) is 15.1. The molecule has 0 spiro atoms. The van der Waals surface area contributed by atoms with E-state index in [0.29, 0.717) is 18.7 Å². The molecule has 3 atom stereocenters. The Kier molecular flexibility index (Phi) is 7.34. The number of ether oxygens (including phenoxy) is 1. The molecule has 1 amide bonds. The number of carbonyl (C=O) groups is 2. The van der Waals surface area contributed by atoms with Gasteiger partial charge in [0.2, 0.25) is 0 Å². The van der Waals surface area contributed by atoms with E-state index in [1.807, 2.05) is 30.3 Å². The summed E-state index contributed by atoms with van der Waals surface area (Å²) in [6.07, 6.45) is -0.951. The minimum Gasteiger partial charge on any atom is -0.465 e. The predicted octanol–water partition coefficient (Wildman–Crippen LogP) is 5.93. The minimum atomic E-state index is -2.04. The molecule has 1 N–H and O–H groups in total. The molecular formula is C26H35NO5Si. The third-order valence-electron chi connectivity index (χ3n) is 7.24. The van der Waals surface area contributed by atoms with Crippen LogP contribution in [0.5, 0.6) is 0 Å². The summed E-state index contributed by atoms with van der Waals surface area (Å²) in [5.74, 6) is -0.456. The molecule has 178 valence electrons. The van der Waals surface area contributed by atoms with Crippen LogP contribution in [-0.4, -0.2) is 50.6 Å². The van der Waals surface area contributed by atoms with E-state index < -0.39 is 20.4 Å². The Morgan fingerprint density at radius 3 is 2.15 bits per heavy atom. The van der Waals surface area contributed by atoms with Gasteiger partial charge in [-0.15, -0.1) is 0 Å². The van der Waals surface area contributed by atoms with E-state index in [4.69, 9.17) is 9.16 Å². The van der Waals surface area contributed by atoms with Crippen molar-refractivity contribution in [1.29, 1.82) is 0 Å². The summed E-state index contributed by atoms with van der Waals surface area (Å²) in [7, 11) is -0.693. The Morgan fingerprint density at radius 1 is 1.03 bits per heavy atom. The standard InChI is InChI=1S/C26H35NO5Si/c1-26(2,3)33(5,6)32-17-22-21(18-10-8-7-9-11-18)16-27(25(29)30)23(22)19-12-14-20(15-13-19)24(28)31-4/h7-15,21-23H,16-17H2,1-6H3,(H,29,30)/t21-,22-,23?/m0/s1. The highest BCUT2D eigenvalue weighted by molar-refractivity contribution is 6.74. The number of carbonyl (C=O) groups excluding carboxylic acids is 1. The normalized spacial score (nSPS) is 21.2. The van der Waals surface area contributed by atoms with Crippen LogP contribution >= 0.6 is 0 Å². The number of benzene rings is 2. The molecule has 0 aromatic heterocycles. The fourth-order valence-electron chi connectivity index (χ4n) is 4.25. The highest BCUT2D eigenvalue weighted by atomic mass is 28.4. The molecule has 2 aromatic rings. The molecule has 1 heterocycles. The SMILES string of the molecule is COC(=O)c1ccc(C2[C@@H](CO[Si](C)(C)C(C)(C)C)[C@H](c3ccccc3)CN2C(=O)O)cc1. The number of amides is 1. The number of esters is 1. The predicted molar refractivity (Wildman–Crippen MR) is 131 cm³/mol. The van der Waals surface area contributed by atoms with Gasteiger partial charge in [0.05, 0.1) is 18.7 Å². The van der Waals surface area contributed by atoms with Gasteiger partial charge < -0.3 is 19.2 Å². The van der Waals surface area contributed by atoms with Crippen molar-refractivity contribution < 1.29 is 23.9 Å². The molecule has 0 aliphatic carbocycles. The Labute approximate surface area is 197 Å². The molecule has 1 aliphatic rings. The van der Waals surface area contributed by atoms with Crippen LogP contribution in [0.2, 0.25) is 18.1 Å². The Morgan fingerprint density at radius 2 is 1.64 bits per heavy atom. The monoisotopic (exact) mass is 469 g/mol. The number of rotatable bonds is 6. The molecular weight excluding hydrogens is 434 g/mol. The highest BCUT2D eigenvalue weighted by Crippen LogP contribution is 2.47. The van der Waals surface area contributed by atoms with Gasteiger partial charge in [-0.25, -0.2) is 9.59 Å². The fraction of sp³-hybridized carbons (Fsp3) is 0.462. The molecule has 0 saturated carbocycles. The number of carboxylic acid groups (broad SMARTS) is 1. The van der Waals surface area contributed by atoms with Crippen molar-refractivity contribution in [3.63, 3.8) is 0 Å². The van der Waals surface area contributed by atoms with Gasteiger partial charge >= 0.3 is 12.1 Å². The first-order chi connectivity index (χ1) is 15.5. The average molecular weight is 470 g/mol. The molecule has 6 nitrogen and oxygen atoms in total. The molecule has 1 aliphatic heterocycles. The third-order valence-corrected chi connectivity index (χ3v) is 11.7. The lowest BCUT2D eigenvalue weighted by atomic mass is 9.83.